The minimum Gasteiger partial charge on any atom is -0.462 e. The van der Waals surface area contributed by atoms with E-state index in [0.29, 0.717) is 11.8 Å². The van der Waals surface area contributed by atoms with Crippen molar-refractivity contribution in [3.63, 3.8) is 0 Å². The zero-order valence-electron chi connectivity index (χ0n) is 21.5. The molecule has 0 aliphatic heterocycles. The number of benzene rings is 2. The molecule has 2 N–H and O–H groups in total. The van der Waals surface area contributed by atoms with Crippen molar-refractivity contribution in [2.45, 2.75) is 60.3 Å². The van der Waals surface area contributed by atoms with Crippen LogP contribution in [0, 0.1) is 25.9 Å². The zero-order valence-corrected chi connectivity index (χ0v) is 21.5. The molecule has 0 saturated carbocycles. The molecule has 6 nitrogen and oxygen atoms in total. The van der Waals surface area contributed by atoms with Gasteiger partial charge in [0, 0.05) is 18.8 Å². The number of carbonyl (C=O) groups excluding carboxylic acids is 2. The number of ether oxygens (including phenoxy) is 1. The number of amides is 2. The zero-order chi connectivity index (χ0) is 25.3. The Hall–Kier alpha value is -3.02. The average molecular weight is 467 g/mol. The van der Waals surface area contributed by atoms with E-state index in [0.717, 1.165) is 47.7 Å². The first-order valence-corrected chi connectivity index (χ1v) is 12.1. The topological polar surface area (TPSA) is 70.7 Å². The molecule has 1 atom stereocenters. The van der Waals surface area contributed by atoms with Gasteiger partial charge in [-0.2, -0.15) is 0 Å². The van der Waals surface area contributed by atoms with Gasteiger partial charge in [-0.3, -0.25) is 4.79 Å². The van der Waals surface area contributed by atoms with Crippen molar-refractivity contribution in [3.05, 3.63) is 60.7 Å². The van der Waals surface area contributed by atoms with Crippen LogP contribution in [0.4, 0.5) is 21.9 Å². The molecule has 34 heavy (non-hydrogen) atoms. The first-order valence-electron chi connectivity index (χ1n) is 12.1. The van der Waals surface area contributed by atoms with E-state index in [1.165, 1.54) is 0 Å². The van der Waals surface area contributed by atoms with E-state index in [9.17, 15) is 9.59 Å². The number of hydrogen-bond donors (Lipinski definition) is 2. The fourth-order valence-electron chi connectivity index (χ4n) is 4.02. The lowest BCUT2D eigenvalue weighted by molar-refractivity contribution is -0.138. The molecule has 1 radical (unpaired) electrons. The van der Waals surface area contributed by atoms with E-state index in [1.54, 1.807) is 0 Å². The molecule has 0 bridgehead atoms. The Balaban J connectivity index is 2.41. The van der Waals surface area contributed by atoms with Crippen molar-refractivity contribution in [3.8, 4) is 0 Å². The van der Waals surface area contributed by atoms with Gasteiger partial charge in [-0.15, -0.1) is 0 Å². The van der Waals surface area contributed by atoms with Crippen LogP contribution in [0.2, 0.25) is 0 Å². The summed E-state index contributed by atoms with van der Waals surface area (Å²) in [5.74, 6) is 0.558. The van der Waals surface area contributed by atoms with E-state index in [4.69, 9.17) is 0 Å². The van der Waals surface area contributed by atoms with Gasteiger partial charge in [-0.25, -0.2) is 4.79 Å². The van der Waals surface area contributed by atoms with Gasteiger partial charge in [-0.1, -0.05) is 58.4 Å². The molecule has 6 heteroatoms. The summed E-state index contributed by atoms with van der Waals surface area (Å²) in [6.07, 6.45) is 1.02. The van der Waals surface area contributed by atoms with Crippen molar-refractivity contribution in [2.24, 2.45) is 11.8 Å². The predicted molar refractivity (Wildman–Crippen MR) is 141 cm³/mol. The highest BCUT2D eigenvalue weighted by atomic mass is 16.5. The number of nitrogens with one attached hydrogen (secondary N) is 2. The van der Waals surface area contributed by atoms with Crippen LogP contribution < -0.4 is 15.5 Å². The largest absolute Gasteiger partial charge is 0.462 e. The number of esters is 1. The van der Waals surface area contributed by atoms with E-state index < -0.39 is 0 Å². The highest BCUT2D eigenvalue weighted by Gasteiger charge is 2.20. The lowest BCUT2D eigenvalue weighted by Gasteiger charge is -2.31. The first-order chi connectivity index (χ1) is 16.1. The lowest BCUT2D eigenvalue weighted by atomic mass is 9.92. The van der Waals surface area contributed by atoms with Crippen molar-refractivity contribution in [2.75, 3.05) is 28.6 Å². The molecule has 0 saturated heterocycles. The van der Waals surface area contributed by atoms with Crippen LogP contribution in [-0.4, -0.2) is 25.1 Å². The summed E-state index contributed by atoms with van der Waals surface area (Å²) in [6, 6.07) is 13.5. The maximum absolute atomic E-state index is 12.9. The Morgan fingerprint density at radius 3 is 2.12 bits per heavy atom. The summed E-state index contributed by atoms with van der Waals surface area (Å²) < 4.78 is 4.65. The molecule has 185 valence electrons. The summed E-state index contributed by atoms with van der Waals surface area (Å²) in [5, 5.41) is 5.99. The summed E-state index contributed by atoms with van der Waals surface area (Å²) in [4.78, 5) is 27.2. The number of rotatable bonds is 11. The van der Waals surface area contributed by atoms with Gasteiger partial charge in [0.25, 0.3) is 0 Å². The maximum atomic E-state index is 12.9. The fourth-order valence-corrected chi connectivity index (χ4v) is 4.02. The van der Waals surface area contributed by atoms with Crippen molar-refractivity contribution >= 4 is 29.1 Å². The molecule has 0 aliphatic carbocycles. The number of anilines is 3. The summed E-state index contributed by atoms with van der Waals surface area (Å²) in [6.45, 7) is 14.6. The molecule has 2 rings (SSSR count). The minimum absolute atomic E-state index is 0.0207. The normalized spacial score (nSPS) is 11.9. The van der Waals surface area contributed by atoms with Crippen molar-refractivity contribution in [1.82, 2.24) is 0 Å². The second-order valence-corrected chi connectivity index (χ2v) is 9.74. The van der Waals surface area contributed by atoms with Gasteiger partial charge >= 0.3 is 12.0 Å². The Labute approximate surface area is 205 Å². The third-order valence-corrected chi connectivity index (χ3v) is 5.63. The molecule has 2 aromatic rings. The smallest absolute Gasteiger partial charge is 0.323 e. The molecule has 0 fully saturated rings. The number of carbonyl (C=O) groups is 2. The molecular formula is C28H40N3O3. The van der Waals surface area contributed by atoms with Crippen LogP contribution in [0.15, 0.2) is 42.5 Å². The molecule has 0 aromatic heterocycles. The molecule has 0 aliphatic rings. The Morgan fingerprint density at radius 1 is 0.971 bits per heavy atom. The Kier molecular flexibility index (Phi) is 10.4. The maximum Gasteiger partial charge on any atom is 0.323 e. The summed E-state index contributed by atoms with van der Waals surface area (Å²) >= 11 is 0. The SMILES string of the molecule is [CH2]OC(=O)C[C@H](CC)c1ccc(N(CC(C)C)CC(C)C)c(NC(=O)Nc2ccc(C)cc2)c1. The number of urea groups is 1. The second kappa shape index (κ2) is 13.0. The first kappa shape index (κ1) is 27.2. The molecule has 0 spiro atoms. The molecule has 2 amide bonds. The highest BCUT2D eigenvalue weighted by molar-refractivity contribution is 6.02. The third-order valence-electron chi connectivity index (χ3n) is 5.63. The van der Waals surface area contributed by atoms with Gasteiger partial charge in [0.1, 0.15) is 7.11 Å². The van der Waals surface area contributed by atoms with E-state index in [2.05, 4.69) is 67.2 Å². The van der Waals surface area contributed by atoms with E-state index in [1.807, 2.05) is 44.2 Å². The lowest BCUT2D eigenvalue weighted by Crippen LogP contribution is -2.32. The van der Waals surface area contributed by atoms with Gasteiger partial charge in [-0.05, 0) is 60.9 Å². The van der Waals surface area contributed by atoms with Crippen LogP contribution in [-0.2, 0) is 9.53 Å². The molecule has 0 unspecified atom stereocenters. The third kappa shape index (κ3) is 8.40. The number of hydrogen-bond acceptors (Lipinski definition) is 4. The van der Waals surface area contributed by atoms with Crippen molar-refractivity contribution < 1.29 is 14.3 Å². The summed E-state index contributed by atoms with van der Waals surface area (Å²) in [7, 11) is 3.24. The van der Waals surface area contributed by atoms with Crippen LogP contribution in [0.3, 0.4) is 0 Å². The molecular weight excluding hydrogens is 426 g/mol. The van der Waals surface area contributed by atoms with Crippen LogP contribution in [0.25, 0.3) is 0 Å². The standard InChI is InChI=1S/C28H40N3O3/c1-8-22(16-27(32)34-7)23-11-14-26(31(17-19(2)3)18-20(4)5)25(15-23)30-28(33)29-24-12-9-21(6)10-13-24/h9-15,19-20,22H,7-8,16-18H2,1-6H3,(H2,29,30,33)/t22-/m0/s1. The minimum atomic E-state index is -0.344. The van der Waals surface area contributed by atoms with Gasteiger partial charge in [0.15, 0.2) is 0 Å². The highest BCUT2D eigenvalue weighted by Crippen LogP contribution is 2.34. The summed E-state index contributed by atoms with van der Waals surface area (Å²) in [5.41, 5.74) is 4.54. The Morgan fingerprint density at radius 2 is 1.59 bits per heavy atom. The number of aryl methyl sites for hydroxylation is 1. The molecule has 0 heterocycles. The Bertz CT molecular complexity index is 928. The van der Waals surface area contributed by atoms with Gasteiger partial charge < -0.3 is 20.3 Å². The van der Waals surface area contributed by atoms with Gasteiger partial charge in [0.05, 0.1) is 17.8 Å². The number of nitrogens with zero attached hydrogens (tertiary/aromatic N) is 1. The van der Waals surface area contributed by atoms with Crippen LogP contribution in [0.1, 0.15) is 64.5 Å². The quantitative estimate of drug-likeness (QED) is 0.351. The van der Waals surface area contributed by atoms with Crippen LogP contribution >= 0.6 is 0 Å². The monoisotopic (exact) mass is 466 g/mol. The van der Waals surface area contributed by atoms with E-state index in [-0.39, 0.29) is 24.3 Å². The van der Waals surface area contributed by atoms with E-state index >= 15 is 0 Å². The average Bonchev–Trinajstić information content (AvgIpc) is 2.77. The molecule has 2 aromatic carbocycles. The second-order valence-electron chi connectivity index (χ2n) is 9.74. The van der Waals surface area contributed by atoms with Crippen LogP contribution in [0.5, 0.6) is 0 Å². The van der Waals surface area contributed by atoms with Gasteiger partial charge in [0.2, 0.25) is 0 Å². The fraction of sp³-hybridized carbons (Fsp3) is 0.464. The predicted octanol–water partition coefficient (Wildman–Crippen LogP) is 6.98. The van der Waals surface area contributed by atoms with Crippen molar-refractivity contribution in [1.29, 1.82) is 0 Å².